The van der Waals surface area contributed by atoms with Gasteiger partial charge in [-0.05, 0) is 19.1 Å². The third-order valence-corrected chi connectivity index (χ3v) is 3.26. The van der Waals surface area contributed by atoms with Crippen molar-refractivity contribution in [3.63, 3.8) is 0 Å². The number of hydrogen-bond donors (Lipinski definition) is 1. The highest BCUT2D eigenvalue weighted by Crippen LogP contribution is 2.25. The van der Waals surface area contributed by atoms with Gasteiger partial charge in [0.05, 0.1) is 5.69 Å². The number of rotatable bonds is 1. The van der Waals surface area contributed by atoms with Crippen molar-refractivity contribution in [3.05, 3.63) is 35.6 Å². The maximum atomic E-state index is 4.44. The number of nitrogens with zero attached hydrogens (tertiary/aromatic N) is 2. The summed E-state index contributed by atoms with van der Waals surface area (Å²) in [5, 5.41) is 4.21. The van der Waals surface area contributed by atoms with Gasteiger partial charge in [-0.3, -0.25) is 4.98 Å². The van der Waals surface area contributed by atoms with Crippen LogP contribution in [-0.2, 0) is 0 Å². The quantitative estimate of drug-likeness (QED) is 0.678. The Morgan fingerprint density at radius 3 is 3.07 bits per heavy atom. The molecule has 4 heteroatoms. The number of H-pyrrole nitrogens is 1. The van der Waals surface area contributed by atoms with Crippen molar-refractivity contribution in [2.24, 2.45) is 0 Å². The summed E-state index contributed by atoms with van der Waals surface area (Å²) in [6.45, 7) is 2.00. The molecule has 0 bridgehead atoms. The van der Waals surface area contributed by atoms with Gasteiger partial charge < -0.3 is 4.98 Å². The zero-order valence-corrected chi connectivity index (χ0v) is 9.01. The van der Waals surface area contributed by atoms with E-state index in [2.05, 4.69) is 26.4 Å². The molecule has 0 aliphatic rings. The van der Waals surface area contributed by atoms with Crippen molar-refractivity contribution in [1.29, 1.82) is 0 Å². The third kappa shape index (κ3) is 1.43. The average molecular weight is 215 g/mol. The van der Waals surface area contributed by atoms with Crippen LogP contribution in [0.4, 0.5) is 0 Å². The molecule has 3 nitrogen and oxygen atoms in total. The highest BCUT2D eigenvalue weighted by atomic mass is 32.1. The van der Waals surface area contributed by atoms with E-state index in [0.29, 0.717) is 0 Å². The molecule has 3 aromatic rings. The highest BCUT2D eigenvalue weighted by molar-refractivity contribution is 7.13. The van der Waals surface area contributed by atoms with E-state index in [4.69, 9.17) is 0 Å². The minimum absolute atomic E-state index is 1.03. The molecule has 0 radical (unpaired) electrons. The molecular formula is C11H9N3S. The van der Waals surface area contributed by atoms with E-state index >= 15 is 0 Å². The summed E-state index contributed by atoms with van der Waals surface area (Å²) in [6.07, 6.45) is 3.64. The first kappa shape index (κ1) is 8.61. The Labute approximate surface area is 90.8 Å². The van der Waals surface area contributed by atoms with Crippen LogP contribution in [0.5, 0.6) is 0 Å². The third-order valence-electron chi connectivity index (χ3n) is 2.27. The lowest BCUT2D eigenvalue weighted by atomic mass is 10.3. The fourth-order valence-electron chi connectivity index (χ4n) is 1.57. The Hall–Kier alpha value is -1.68. The second kappa shape index (κ2) is 3.17. The van der Waals surface area contributed by atoms with Crippen molar-refractivity contribution in [3.8, 4) is 10.7 Å². The molecule has 1 N–H and O–H groups in total. The maximum absolute atomic E-state index is 4.44. The fraction of sp³-hybridized carbons (Fsp3) is 0.0909. The Morgan fingerprint density at radius 1 is 1.40 bits per heavy atom. The van der Waals surface area contributed by atoms with E-state index in [-0.39, 0.29) is 0 Å². The van der Waals surface area contributed by atoms with E-state index < -0.39 is 0 Å². The van der Waals surface area contributed by atoms with Gasteiger partial charge in [0.1, 0.15) is 5.01 Å². The Morgan fingerprint density at radius 2 is 2.33 bits per heavy atom. The number of aromatic nitrogens is 3. The summed E-state index contributed by atoms with van der Waals surface area (Å²) in [7, 11) is 0. The summed E-state index contributed by atoms with van der Waals surface area (Å²) in [4.78, 5) is 11.9. The Balaban J connectivity index is 2.19. The van der Waals surface area contributed by atoms with Crippen molar-refractivity contribution < 1.29 is 0 Å². The van der Waals surface area contributed by atoms with Gasteiger partial charge in [0.25, 0.3) is 0 Å². The van der Waals surface area contributed by atoms with Gasteiger partial charge >= 0.3 is 0 Å². The van der Waals surface area contributed by atoms with Crippen LogP contribution in [0.3, 0.4) is 0 Å². The van der Waals surface area contributed by atoms with Crippen LogP contribution in [-0.4, -0.2) is 15.0 Å². The molecule has 15 heavy (non-hydrogen) atoms. The summed E-state index contributed by atoms with van der Waals surface area (Å²) >= 11 is 1.66. The van der Waals surface area contributed by atoms with Gasteiger partial charge in [0.15, 0.2) is 0 Å². The van der Waals surface area contributed by atoms with Crippen LogP contribution in [0.1, 0.15) is 5.69 Å². The molecule has 0 aromatic carbocycles. The average Bonchev–Trinajstić information content (AvgIpc) is 2.82. The van der Waals surface area contributed by atoms with Crippen LogP contribution in [0.2, 0.25) is 0 Å². The number of pyridine rings is 1. The molecular weight excluding hydrogens is 206 g/mol. The maximum Gasteiger partial charge on any atom is 0.139 e. The van der Waals surface area contributed by atoms with Crippen molar-refractivity contribution >= 4 is 22.2 Å². The second-order valence-corrected chi connectivity index (χ2v) is 4.30. The number of nitrogens with one attached hydrogen (secondary N) is 1. The first-order valence-corrected chi connectivity index (χ1v) is 5.56. The molecule has 0 spiro atoms. The minimum Gasteiger partial charge on any atom is -0.352 e. The molecule has 0 fully saturated rings. The molecule has 0 unspecified atom stereocenters. The lowest BCUT2D eigenvalue weighted by Crippen LogP contribution is -1.75. The molecule has 3 heterocycles. The monoisotopic (exact) mass is 215 g/mol. The molecule has 0 aliphatic carbocycles. The van der Waals surface area contributed by atoms with E-state index in [0.717, 1.165) is 27.3 Å². The van der Waals surface area contributed by atoms with Gasteiger partial charge in [-0.15, -0.1) is 11.3 Å². The zero-order valence-electron chi connectivity index (χ0n) is 8.19. The van der Waals surface area contributed by atoms with Gasteiger partial charge in [-0.2, -0.15) is 0 Å². The van der Waals surface area contributed by atoms with Crippen molar-refractivity contribution in [1.82, 2.24) is 15.0 Å². The largest absolute Gasteiger partial charge is 0.352 e. The van der Waals surface area contributed by atoms with E-state index in [1.54, 1.807) is 17.5 Å². The Kier molecular flexibility index (Phi) is 1.82. The lowest BCUT2D eigenvalue weighted by Gasteiger charge is -1.87. The topological polar surface area (TPSA) is 41.6 Å². The number of aryl methyl sites for hydroxylation is 1. The van der Waals surface area contributed by atoms with E-state index in [1.807, 2.05) is 19.2 Å². The normalized spacial score (nSPS) is 11.0. The van der Waals surface area contributed by atoms with Crippen LogP contribution in [0, 0.1) is 6.92 Å². The number of aromatic amines is 1. The van der Waals surface area contributed by atoms with E-state index in [1.165, 1.54) is 0 Å². The standard InChI is InChI=1S/C11H9N3S/c1-7-6-15-11(13-7)10-4-8-5-12-3-2-9(8)14-10/h2-6,14H,1H3. The van der Waals surface area contributed by atoms with Gasteiger partial charge in [0.2, 0.25) is 0 Å². The summed E-state index contributed by atoms with van der Waals surface area (Å²) < 4.78 is 0. The number of fused-ring (bicyclic) bond motifs is 1. The first-order valence-electron chi connectivity index (χ1n) is 4.68. The SMILES string of the molecule is Cc1csc(-c2cc3cnccc3[nH]2)n1. The summed E-state index contributed by atoms with van der Waals surface area (Å²) in [5.41, 5.74) is 3.23. The lowest BCUT2D eigenvalue weighted by molar-refractivity contribution is 1.25. The second-order valence-electron chi connectivity index (χ2n) is 3.44. The number of hydrogen-bond acceptors (Lipinski definition) is 3. The van der Waals surface area contributed by atoms with Crippen molar-refractivity contribution in [2.45, 2.75) is 6.92 Å². The van der Waals surface area contributed by atoms with Gasteiger partial charge in [0, 0.05) is 34.4 Å². The minimum atomic E-state index is 1.03. The molecule has 0 atom stereocenters. The molecule has 3 rings (SSSR count). The summed E-state index contributed by atoms with van der Waals surface area (Å²) in [5.74, 6) is 0. The smallest absolute Gasteiger partial charge is 0.139 e. The molecule has 0 saturated carbocycles. The molecule has 3 aromatic heterocycles. The van der Waals surface area contributed by atoms with Crippen molar-refractivity contribution in [2.75, 3.05) is 0 Å². The van der Waals surface area contributed by atoms with Crippen LogP contribution in [0.15, 0.2) is 29.9 Å². The molecule has 0 aliphatic heterocycles. The Bertz CT molecular complexity index is 576. The fourth-order valence-corrected chi connectivity index (χ4v) is 2.33. The van der Waals surface area contributed by atoms with E-state index in [9.17, 15) is 0 Å². The van der Waals surface area contributed by atoms with Gasteiger partial charge in [-0.25, -0.2) is 4.98 Å². The predicted molar refractivity (Wildman–Crippen MR) is 61.9 cm³/mol. The molecule has 74 valence electrons. The zero-order chi connectivity index (χ0) is 10.3. The number of thiazole rings is 1. The summed E-state index contributed by atoms with van der Waals surface area (Å²) in [6, 6.07) is 4.06. The van der Waals surface area contributed by atoms with Crippen LogP contribution >= 0.6 is 11.3 Å². The van der Waals surface area contributed by atoms with Gasteiger partial charge in [-0.1, -0.05) is 0 Å². The highest BCUT2D eigenvalue weighted by Gasteiger charge is 2.05. The molecule has 0 amide bonds. The van der Waals surface area contributed by atoms with Crippen LogP contribution in [0.25, 0.3) is 21.6 Å². The van der Waals surface area contributed by atoms with Crippen LogP contribution < -0.4 is 0 Å². The predicted octanol–water partition coefficient (Wildman–Crippen LogP) is 2.99. The first-order chi connectivity index (χ1) is 7.33. The molecule has 0 saturated heterocycles.